The lowest BCUT2D eigenvalue weighted by Gasteiger charge is -2.28. The third-order valence-corrected chi connectivity index (χ3v) is 4.62. The summed E-state index contributed by atoms with van der Waals surface area (Å²) in [4.78, 5) is 34.1. The van der Waals surface area contributed by atoms with Gasteiger partial charge >= 0.3 is 6.03 Å². The van der Waals surface area contributed by atoms with E-state index in [-0.39, 0.29) is 5.56 Å². The lowest BCUT2D eigenvalue weighted by molar-refractivity contribution is 0.100. The molecule has 0 unspecified atom stereocenters. The molecule has 0 spiro atoms. The number of piperazine rings is 1. The van der Waals surface area contributed by atoms with E-state index < -0.39 is 11.9 Å². The molecule has 24 heavy (non-hydrogen) atoms. The zero-order chi connectivity index (χ0) is 17.1. The lowest BCUT2D eigenvalue weighted by atomic mass is 10.2. The molecule has 6 N–H and O–H groups in total. The van der Waals surface area contributed by atoms with E-state index in [0.717, 1.165) is 43.2 Å². The highest BCUT2D eigenvalue weighted by molar-refractivity contribution is 7.20. The summed E-state index contributed by atoms with van der Waals surface area (Å²) in [7, 11) is 0. The molecule has 0 atom stereocenters. The van der Waals surface area contributed by atoms with Crippen molar-refractivity contribution in [1.82, 2.24) is 15.3 Å². The van der Waals surface area contributed by atoms with Crippen molar-refractivity contribution in [3.05, 3.63) is 24.0 Å². The number of nitrogens with one attached hydrogen (secondary N) is 2. The highest BCUT2D eigenvalue weighted by Gasteiger charge is 2.18. The summed E-state index contributed by atoms with van der Waals surface area (Å²) < 4.78 is 0. The molecule has 1 fully saturated rings. The van der Waals surface area contributed by atoms with Crippen LogP contribution in [-0.4, -0.2) is 48.1 Å². The maximum Gasteiger partial charge on any atom is 0.317 e. The maximum absolute atomic E-state index is 11.5. The van der Waals surface area contributed by atoms with Crippen LogP contribution in [0.4, 0.5) is 15.5 Å². The van der Waals surface area contributed by atoms with Crippen LogP contribution in [0.15, 0.2) is 18.5 Å². The molecule has 3 amide bonds. The van der Waals surface area contributed by atoms with Crippen molar-refractivity contribution in [1.29, 1.82) is 0 Å². The van der Waals surface area contributed by atoms with Gasteiger partial charge in [-0.15, -0.1) is 11.3 Å². The minimum Gasteiger partial charge on any atom is -0.366 e. The van der Waals surface area contributed by atoms with Gasteiger partial charge in [0, 0.05) is 26.2 Å². The third kappa shape index (κ3) is 3.44. The molecule has 1 aliphatic heterocycles. The van der Waals surface area contributed by atoms with Gasteiger partial charge in [0.05, 0.1) is 28.5 Å². The molecule has 0 aliphatic carbocycles. The van der Waals surface area contributed by atoms with Gasteiger partial charge in [-0.05, 0) is 6.07 Å². The molecule has 0 saturated carbocycles. The number of nitrogens with zero attached hydrogens (tertiary/aromatic N) is 3. The Kier molecular flexibility index (Phi) is 4.58. The predicted molar refractivity (Wildman–Crippen MR) is 92.2 cm³/mol. The van der Waals surface area contributed by atoms with Crippen molar-refractivity contribution < 1.29 is 9.59 Å². The van der Waals surface area contributed by atoms with Gasteiger partial charge in [-0.25, -0.2) is 14.8 Å². The number of carbonyl (C=O) groups is 2. The summed E-state index contributed by atoms with van der Waals surface area (Å²) in [5, 5.41) is 5.97. The van der Waals surface area contributed by atoms with Crippen LogP contribution in [0, 0.1) is 0 Å². The zero-order valence-corrected chi connectivity index (χ0v) is 13.6. The highest BCUT2D eigenvalue weighted by atomic mass is 32.1. The van der Waals surface area contributed by atoms with Crippen molar-refractivity contribution in [3.63, 3.8) is 0 Å². The van der Waals surface area contributed by atoms with Crippen molar-refractivity contribution in [2.24, 2.45) is 11.5 Å². The van der Waals surface area contributed by atoms with E-state index in [2.05, 4.69) is 25.5 Å². The van der Waals surface area contributed by atoms with Gasteiger partial charge in [0.2, 0.25) is 0 Å². The number of hydrogen-bond donors (Lipinski definition) is 4. The molecule has 9 nitrogen and oxygen atoms in total. The Morgan fingerprint density at radius 3 is 2.46 bits per heavy atom. The van der Waals surface area contributed by atoms with Crippen molar-refractivity contribution in [2.75, 3.05) is 36.4 Å². The molecule has 3 rings (SSSR count). The Balaban J connectivity index is 1.85. The van der Waals surface area contributed by atoms with Crippen molar-refractivity contribution >= 4 is 34.0 Å². The normalized spacial score (nSPS) is 14.4. The summed E-state index contributed by atoms with van der Waals surface area (Å²) in [5.41, 5.74) is 11.6. The lowest BCUT2D eigenvalue weighted by Crippen LogP contribution is -2.43. The molecule has 1 saturated heterocycles. The predicted octanol–water partition coefficient (Wildman–Crippen LogP) is 0.204. The molecule has 3 heterocycles. The Morgan fingerprint density at radius 1 is 1.21 bits per heavy atom. The first-order chi connectivity index (χ1) is 11.5. The Bertz CT molecular complexity index is 753. The fraction of sp³-hybridized carbons (Fsp3) is 0.286. The summed E-state index contributed by atoms with van der Waals surface area (Å²) in [6, 6.07) is 0.791. The second-order valence-electron chi connectivity index (χ2n) is 5.21. The van der Waals surface area contributed by atoms with Crippen LogP contribution >= 0.6 is 11.3 Å². The van der Waals surface area contributed by atoms with Crippen LogP contribution in [-0.2, 0) is 0 Å². The largest absolute Gasteiger partial charge is 0.366 e. The number of carbonyl (C=O) groups excluding carboxylic acids is 2. The van der Waals surface area contributed by atoms with E-state index in [1.165, 1.54) is 0 Å². The van der Waals surface area contributed by atoms with E-state index in [4.69, 9.17) is 11.5 Å². The van der Waals surface area contributed by atoms with Crippen LogP contribution < -0.4 is 27.0 Å². The number of thiophene rings is 1. The van der Waals surface area contributed by atoms with Crippen molar-refractivity contribution in [2.45, 2.75) is 0 Å². The second-order valence-corrected chi connectivity index (χ2v) is 6.26. The first kappa shape index (κ1) is 16.1. The summed E-state index contributed by atoms with van der Waals surface area (Å²) in [6.07, 6.45) is 3.50. The number of urea groups is 1. The van der Waals surface area contributed by atoms with Crippen LogP contribution in [0.5, 0.6) is 0 Å². The molecular formula is C14H17N7O2S. The van der Waals surface area contributed by atoms with Gasteiger partial charge in [0.1, 0.15) is 5.00 Å². The van der Waals surface area contributed by atoms with E-state index in [1.54, 1.807) is 18.5 Å². The molecule has 1 aliphatic rings. The number of hydrogen-bond acceptors (Lipinski definition) is 7. The number of anilines is 2. The van der Waals surface area contributed by atoms with Crippen LogP contribution in [0.3, 0.4) is 0 Å². The SMILES string of the molecule is NC(=O)Nc1sc(-c2ncc(N3CCNCC3)cn2)cc1C(N)=O. The Morgan fingerprint density at radius 2 is 1.88 bits per heavy atom. The first-order valence-electron chi connectivity index (χ1n) is 7.33. The van der Waals surface area contributed by atoms with Crippen molar-refractivity contribution in [3.8, 4) is 10.7 Å². The first-order valence-corrected chi connectivity index (χ1v) is 8.14. The fourth-order valence-electron chi connectivity index (χ4n) is 2.42. The van der Waals surface area contributed by atoms with Gasteiger partial charge in [-0.1, -0.05) is 0 Å². The minimum absolute atomic E-state index is 0.184. The monoisotopic (exact) mass is 347 g/mol. The number of primary amides is 2. The summed E-state index contributed by atoms with van der Waals surface area (Å²) in [6.45, 7) is 3.66. The molecule has 0 radical (unpaired) electrons. The number of rotatable bonds is 4. The van der Waals surface area contributed by atoms with Gasteiger partial charge in [0.25, 0.3) is 5.91 Å². The van der Waals surface area contributed by atoms with Crippen LogP contribution in [0.2, 0.25) is 0 Å². The average Bonchev–Trinajstić information content (AvgIpc) is 2.99. The maximum atomic E-state index is 11.5. The molecule has 2 aromatic heterocycles. The van der Waals surface area contributed by atoms with E-state index in [0.29, 0.717) is 15.7 Å². The van der Waals surface area contributed by atoms with Gasteiger partial charge < -0.3 is 21.7 Å². The van der Waals surface area contributed by atoms with E-state index >= 15 is 0 Å². The quantitative estimate of drug-likeness (QED) is 0.623. The van der Waals surface area contributed by atoms with Gasteiger partial charge in [0.15, 0.2) is 5.82 Å². The van der Waals surface area contributed by atoms with Gasteiger partial charge in [-0.2, -0.15) is 0 Å². The smallest absolute Gasteiger partial charge is 0.317 e. The Labute approximate surface area is 142 Å². The standard InChI is InChI=1S/C14H17N7O2S/c15-11(22)9-5-10(24-13(9)20-14(16)23)12-18-6-8(7-19-12)21-3-1-17-2-4-21/h5-7,17H,1-4H2,(H2,15,22)(H3,16,20,23). The molecule has 0 aromatic carbocycles. The number of nitrogens with two attached hydrogens (primary N) is 2. The second kappa shape index (κ2) is 6.81. The van der Waals surface area contributed by atoms with E-state index in [1.807, 2.05) is 0 Å². The molecule has 10 heteroatoms. The highest BCUT2D eigenvalue weighted by Crippen LogP contribution is 2.33. The minimum atomic E-state index is -0.763. The number of amides is 3. The van der Waals surface area contributed by atoms with Crippen LogP contribution in [0.1, 0.15) is 10.4 Å². The third-order valence-electron chi connectivity index (χ3n) is 3.58. The zero-order valence-electron chi connectivity index (χ0n) is 12.8. The number of aromatic nitrogens is 2. The summed E-state index contributed by atoms with van der Waals surface area (Å²) in [5.74, 6) is -0.197. The van der Waals surface area contributed by atoms with E-state index in [9.17, 15) is 9.59 Å². The molecule has 0 bridgehead atoms. The van der Waals surface area contributed by atoms with Crippen LogP contribution in [0.25, 0.3) is 10.7 Å². The summed E-state index contributed by atoms with van der Waals surface area (Å²) >= 11 is 1.15. The topological polar surface area (TPSA) is 139 Å². The Hall–Kier alpha value is -2.72. The van der Waals surface area contributed by atoms with Gasteiger partial charge in [-0.3, -0.25) is 10.1 Å². The molecule has 2 aromatic rings. The fourth-order valence-corrected chi connectivity index (χ4v) is 3.44. The molecular weight excluding hydrogens is 330 g/mol. The molecule has 126 valence electrons. The average molecular weight is 347 g/mol.